The Morgan fingerprint density at radius 2 is 2.29 bits per heavy atom. The van der Waals surface area contributed by atoms with Gasteiger partial charge in [-0.15, -0.1) is 0 Å². The third kappa shape index (κ3) is 5.13. The normalized spacial score (nSPS) is 15.7. The van der Waals surface area contributed by atoms with E-state index in [0.29, 0.717) is 16.7 Å². The molecule has 0 aromatic rings. The molecule has 0 heterocycles. The number of halogens is 2. The third-order valence-electron chi connectivity index (χ3n) is 1.73. The van der Waals surface area contributed by atoms with Gasteiger partial charge >= 0.3 is 0 Å². The maximum atomic E-state index is 10.1. The number of hydrogen-bond donors (Lipinski definition) is 4. The van der Waals surface area contributed by atoms with Gasteiger partial charge < -0.3 is 16.3 Å². The second kappa shape index (κ2) is 8.59. The molecule has 6 nitrogen and oxygen atoms in total. The monoisotopic (exact) mass is 415 g/mol. The van der Waals surface area contributed by atoms with Crippen LogP contribution in [-0.4, -0.2) is 38.9 Å². The number of hydrogen-bond acceptors (Lipinski definition) is 6. The van der Waals surface area contributed by atoms with Crippen LogP contribution in [0.2, 0.25) is 0 Å². The van der Waals surface area contributed by atoms with Gasteiger partial charge in [-0.05, 0) is 45.4 Å². The molecule has 0 aliphatic rings. The van der Waals surface area contributed by atoms with Gasteiger partial charge in [0.1, 0.15) is 20.2 Å². The maximum absolute atomic E-state index is 10.1. The number of aliphatic hydroxyl groups excluding tert-OH is 1. The summed E-state index contributed by atoms with van der Waals surface area (Å²) in [6.07, 6.45) is 0.153. The minimum Gasteiger partial charge on any atom is -0.404 e. The number of hydrazone groups is 1. The van der Waals surface area contributed by atoms with Crippen LogP contribution in [-0.2, 0) is 0 Å². The highest BCUT2D eigenvalue weighted by Gasteiger charge is 2.23. The van der Waals surface area contributed by atoms with E-state index in [1.165, 1.54) is 6.20 Å². The molecule has 0 aliphatic carbocycles. The maximum Gasteiger partial charge on any atom is 0.129 e. The van der Waals surface area contributed by atoms with E-state index in [2.05, 4.69) is 31.4 Å². The van der Waals surface area contributed by atoms with Crippen molar-refractivity contribution >= 4 is 52.6 Å². The summed E-state index contributed by atoms with van der Waals surface area (Å²) in [5.74, 6) is 0. The molecule has 0 radical (unpaired) electrons. The highest BCUT2D eigenvalue weighted by atomic mass is 127. The Hall–Kier alpha value is -0.480. The number of nitrogens with zero attached hydrogens (tertiary/aromatic N) is 2. The summed E-state index contributed by atoms with van der Waals surface area (Å²) in [7, 11) is 1.59. The minimum absolute atomic E-state index is 0.126. The van der Waals surface area contributed by atoms with Crippen LogP contribution in [0.25, 0.3) is 0 Å². The molecular weight excluding hydrogens is 401 g/mol. The first kappa shape index (κ1) is 16.5. The van der Waals surface area contributed by atoms with Crippen LogP contribution in [0.4, 0.5) is 0 Å². The Labute approximate surface area is 122 Å². The molecule has 5 N–H and O–H groups in total. The fraction of sp³-hybridized carbons (Fsp3) is 0.444. The summed E-state index contributed by atoms with van der Waals surface area (Å²) in [6.45, 7) is 2.43. The van der Waals surface area contributed by atoms with Gasteiger partial charge in [0.05, 0.1) is 0 Å². The summed E-state index contributed by atoms with van der Waals surface area (Å²) in [5, 5.41) is 21.5. The van der Waals surface area contributed by atoms with Gasteiger partial charge in [0.25, 0.3) is 0 Å². The predicted molar refractivity (Wildman–Crippen MR) is 83.4 cm³/mol. The van der Waals surface area contributed by atoms with Crippen molar-refractivity contribution in [3.05, 3.63) is 11.8 Å². The number of rotatable bonds is 6. The molecule has 0 saturated carbocycles. The lowest BCUT2D eigenvalue weighted by Gasteiger charge is -2.14. The fourth-order valence-electron chi connectivity index (χ4n) is 1.00. The summed E-state index contributed by atoms with van der Waals surface area (Å²) in [5.41, 5.74) is 8.56. The quantitative estimate of drug-likeness (QED) is 0.295. The van der Waals surface area contributed by atoms with Gasteiger partial charge in [-0.2, -0.15) is 5.10 Å². The van der Waals surface area contributed by atoms with Crippen LogP contribution in [0.1, 0.15) is 6.92 Å². The Morgan fingerprint density at radius 1 is 1.71 bits per heavy atom. The predicted octanol–water partition coefficient (Wildman–Crippen LogP) is 0.991. The van der Waals surface area contributed by atoms with Gasteiger partial charge in [0.15, 0.2) is 0 Å². The van der Waals surface area contributed by atoms with E-state index in [0.717, 1.165) is 0 Å². The molecule has 0 fully saturated rings. The van der Waals surface area contributed by atoms with E-state index in [9.17, 15) is 5.11 Å². The van der Waals surface area contributed by atoms with Crippen molar-refractivity contribution in [3.63, 3.8) is 0 Å². The van der Waals surface area contributed by atoms with Crippen LogP contribution in [0.3, 0.4) is 0 Å². The Balaban J connectivity index is 5.24. The van der Waals surface area contributed by atoms with Crippen LogP contribution in [0, 0.1) is 5.41 Å². The van der Waals surface area contributed by atoms with Gasteiger partial charge in [-0.3, -0.25) is 10.4 Å². The van der Waals surface area contributed by atoms with E-state index in [1.807, 2.05) is 6.92 Å². The Kier molecular flexibility index (Phi) is 8.35. The molecule has 0 saturated heterocycles. The highest BCUT2D eigenvalue weighted by molar-refractivity contribution is 14.1. The van der Waals surface area contributed by atoms with E-state index in [1.54, 1.807) is 29.6 Å². The molecule has 17 heavy (non-hydrogen) atoms. The molecule has 0 amide bonds. The first-order valence-electron chi connectivity index (χ1n) is 4.78. The van der Waals surface area contributed by atoms with Gasteiger partial charge in [-0.25, -0.2) is 0 Å². The summed E-state index contributed by atoms with van der Waals surface area (Å²) >= 11 is 4.99. The average molecular weight is 416 g/mol. The number of aliphatic imine (C=N–C) groups is 1. The molecule has 1 atom stereocenters. The molecule has 0 bridgehead atoms. The molecular formula is C9H15BrIN5O. The Bertz CT molecular complexity index is 366. The van der Waals surface area contributed by atoms with Crippen molar-refractivity contribution in [2.45, 2.75) is 13.0 Å². The van der Waals surface area contributed by atoms with Gasteiger partial charge in [0, 0.05) is 25.4 Å². The van der Waals surface area contributed by atoms with Crippen molar-refractivity contribution in [3.8, 4) is 0 Å². The number of nitrogens with one attached hydrogen (secondary N) is 2. The minimum atomic E-state index is -1.10. The van der Waals surface area contributed by atoms with Crippen molar-refractivity contribution in [1.29, 1.82) is 5.41 Å². The van der Waals surface area contributed by atoms with E-state index < -0.39 is 6.10 Å². The zero-order chi connectivity index (χ0) is 13.4. The van der Waals surface area contributed by atoms with Crippen molar-refractivity contribution in [2.24, 2.45) is 15.8 Å². The van der Waals surface area contributed by atoms with E-state index in [4.69, 9.17) is 11.1 Å². The first-order valence-corrected chi connectivity index (χ1v) is 6.65. The van der Waals surface area contributed by atoms with Crippen LogP contribution in [0.5, 0.6) is 0 Å². The molecule has 0 aromatic heterocycles. The average Bonchev–Trinajstić information content (AvgIpc) is 2.26. The SMILES string of the molecule is CCN=C(Br)C(=CN)C(O)/C(=N/NC)C(=N)I. The number of aliphatic hydroxyl groups is 1. The summed E-state index contributed by atoms with van der Waals surface area (Å²) < 4.78 is 0.581. The van der Waals surface area contributed by atoms with E-state index in [-0.39, 0.29) is 9.43 Å². The van der Waals surface area contributed by atoms with Gasteiger partial charge in [0.2, 0.25) is 0 Å². The van der Waals surface area contributed by atoms with Crippen LogP contribution in [0.15, 0.2) is 21.9 Å². The molecule has 0 aliphatic heterocycles. The smallest absolute Gasteiger partial charge is 0.129 e. The summed E-state index contributed by atoms with van der Waals surface area (Å²) in [4.78, 5) is 4.10. The van der Waals surface area contributed by atoms with Gasteiger partial charge in [-0.1, -0.05) is 0 Å². The van der Waals surface area contributed by atoms with Crippen molar-refractivity contribution in [2.75, 3.05) is 13.6 Å². The first-order chi connectivity index (χ1) is 7.99. The van der Waals surface area contributed by atoms with Crippen LogP contribution < -0.4 is 11.2 Å². The fourth-order valence-corrected chi connectivity index (χ4v) is 2.02. The molecule has 0 aromatic carbocycles. The van der Waals surface area contributed by atoms with Crippen molar-refractivity contribution < 1.29 is 5.11 Å². The largest absolute Gasteiger partial charge is 0.404 e. The highest BCUT2D eigenvalue weighted by Crippen LogP contribution is 2.13. The molecule has 0 spiro atoms. The molecule has 1 unspecified atom stereocenters. The lowest BCUT2D eigenvalue weighted by atomic mass is 10.1. The standard InChI is InChI=1S/C9H15BrIN5O/c1-3-15-8(10)5(4-12)7(17)6(9(11)13)16-14-2/h4,7,13-14,17H,3,12H2,1-2H3/b5-4?,13-9?,15-8?,16-6-. The van der Waals surface area contributed by atoms with Crippen molar-refractivity contribution in [1.82, 2.24) is 5.43 Å². The Morgan fingerprint density at radius 3 is 2.65 bits per heavy atom. The topological polar surface area (TPSA) is 107 Å². The lowest BCUT2D eigenvalue weighted by molar-refractivity contribution is 0.284. The van der Waals surface area contributed by atoms with E-state index >= 15 is 0 Å². The van der Waals surface area contributed by atoms with Crippen LogP contribution >= 0.6 is 38.5 Å². The lowest BCUT2D eigenvalue weighted by Crippen LogP contribution is -2.31. The summed E-state index contributed by atoms with van der Waals surface area (Å²) in [6, 6.07) is 0. The molecule has 0 rings (SSSR count). The molecule has 8 heteroatoms. The molecule has 96 valence electrons. The second-order valence-electron chi connectivity index (χ2n) is 2.82. The zero-order valence-corrected chi connectivity index (χ0v) is 13.3. The third-order valence-corrected chi connectivity index (χ3v) is 2.99. The number of nitrogens with two attached hydrogens (primary N) is 1. The zero-order valence-electron chi connectivity index (χ0n) is 9.54. The second-order valence-corrected chi connectivity index (χ2v) is 4.65.